The molecule has 0 aliphatic rings. The number of anilines is 2. The summed E-state index contributed by atoms with van der Waals surface area (Å²) in [5, 5.41) is 2.31. The van der Waals surface area contributed by atoms with Gasteiger partial charge in [0.15, 0.2) is 0 Å². The Labute approximate surface area is 159 Å². The molecule has 0 atom stereocenters. The maximum atomic E-state index is 13.0. The van der Waals surface area contributed by atoms with Crippen LogP contribution in [0.5, 0.6) is 0 Å². The summed E-state index contributed by atoms with van der Waals surface area (Å²) in [7, 11) is -4.08. The Kier molecular flexibility index (Phi) is 6.06. The first-order valence-electron chi connectivity index (χ1n) is 7.59. The van der Waals surface area contributed by atoms with Crippen LogP contribution in [0.3, 0.4) is 0 Å². The van der Waals surface area contributed by atoms with Crippen LogP contribution < -0.4 is 9.62 Å². The van der Waals surface area contributed by atoms with E-state index < -0.39 is 39.9 Å². The molecule has 0 saturated heterocycles. The van der Waals surface area contributed by atoms with Crippen LogP contribution >= 0.6 is 11.6 Å². The SMILES string of the molecule is Cc1ccccc1NC(=O)CN(c1cc(C(F)(F)F)ccc1Cl)S(C)(=O)=O. The predicted molar refractivity (Wildman–Crippen MR) is 98.5 cm³/mol. The van der Waals surface area contributed by atoms with Gasteiger partial charge in [-0.2, -0.15) is 13.2 Å². The number of aryl methyl sites for hydroxylation is 1. The van der Waals surface area contributed by atoms with E-state index in [1.54, 1.807) is 31.2 Å². The van der Waals surface area contributed by atoms with Gasteiger partial charge in [-0.3, -0.25) is 9.10 Å². The van der Waals surface area contributed by atoms with Crippen molar-refractivity contribution < 1.29 is 26.4 Å². The number of nitrogens with one attached hydrogen (secondary N) is 1. The third kappa shape index (κ3) is 5.36. The molecular weight excluding hydrogens is 405 g/mol. The lowest BCUT2D eigenvalue weighted by Gasteiger charge is -2.24. The van der Waals surface area contributed by atoms with Crippen LogP contribution in [0.25, 0.3) is 0 Å². The number of amides is 1. The zero-order valence-corrected chi connectivity index (χ0v) is 15.9. The van der Waals surface area contributed by atoms with Gasteiger partial charge in [-0.1, -0.05) is 29.8 Å². The lowest BCUT2D eigenvalue weighted by atomic mass is 10.2. The zero-order chi connectivity index (χ0) is 20.4. The number of sulfonamides is 1. The number of para-hydroxylation sites is 1. The highest BCUT2D eigenvalue weighted by Gasteiger charge is 2.33. The summed E-state index contributed by atoms with van der Waals surface area (Å²) in [6.07, 6.45) is -3.91. The highest BCUT2D eigenvalue weighted by atomic mass is 35.5. The molecule has 0 unspecified atom stereocenters. The molecule has 2 aromatic rings. The standard InChI is InChI=1S/C17H16ClF3N2O3S/c1-11-5-3-4-6-14(11)22-16(24)10-23(27(2,25)26)15-9-12(17(19,20)21)7-8-13(15)18/h3-9H,10H2,1-2H3,(H,22,24). The first-order chi connectivity index (χ1) is 12.4. The Morgan fingerprint density at radius 3 is 2.37 bits per heavy atom. The van der Waals surface area contributed by atoms with E-state index in [9.17, 15) is 26.4 Å². The number of carbonyl (C=O) groups excluding carboxylic acids is 1. The van der Waals surface area contributed by atoms with Crippen LogP contribution in [0.15, 0.2) is 42.5 Å². The maximum absolute atomic E-state index is 13.0. The quantitative estimate of drug-likeness (QED) is 0.792. The number of rotatable bonds is 5. The maximum Gasteiger partial charge on any atom is 0.416 e. The van der Waals surface area contributed by atoms with Crippen molar-refractivity contribution in [2.24, 2.45) is 0 Å². The third-order valence-electron chi connectivity index (χ3n) is 3.65. The Morgan fingerprint density at radius 2 is 1.81 bits per heavy atom. The van der Waals surface area contributed by atoms with Crippen molar-refractivity contribution in [1.82, 2.24) is 0 Å². The molecule has 0 radical (unpaired) electrons. The zero-order valence-electron chi connectivity index (χ0n) is 14.3. The highest BCUT2D eigenvalue weighted by Crippen LogP contribution is 2.36. The van der Waals surface area contributed by atoms with E-state index >= 15 is 0 Å². The largest absolute Gasteiger partial charge is 0.416 e. The molecule has 5 nitrogen and oxygen atoms in total. The van der Waals surface area contributed by atoms with E-state index in [0.29, 0.717) is 16.1 Å². The number of benzene rings is 2. The monoisotopic (exact) mass is 420 g/mol. The molecule has 1 N–H and O–H groups in total. The van der Waals surface area contributed by atoms with Crippen molar-refractivity contribution >= 4 is 38.9 Å². The molecular formula is C17H16ClF3N2O3S. The number of nitrogens with zero attached hydrogens (tertiary/aromatic N) is 1. The smallest absolute Gasteiger partial charge is 0.324 e. The van der Waals surface area contributed by atoms with Crippen molar-refractivity contribution in [3.8, 4) is 0 Å². The molecule has 146 valence electrons. The van der Waals surface area contributed by atoms with E-state index in [2.05, 4.69) is 5.32 Å². The second kappa shape index (κ2) is 7.77. The minimum Gasteiger partial charge on any atom is -0.324 e. The number of carbonyl (C=O) groups is 1. The molecule has 1 amide bonds. The topological polar surface area (TPSA) is 66.5 Å². The van der Waals surface area contributed by atoms with Gasteiger partial charge in [0.2, 0.25) is 15.9 Å². The van der Waals surface area contributed by atoms with Crippen LogP contribution in [0.2, 0.25) is 5.02 Å². The van der Waals surface area contributed by atoms with Gasteiger partial charge >= 0.3 is 6.18 Å². The summed E-state index contributed by atoms with van der Waals surface area (Å²) in [5.74, 6) is -0.719. The summed E-state index contributed by atoms with van der Waals surface area (Å²) >= 11 is 5.91. The summed E-state index contributed by atoms with van der Waals surface area (Å²) in [6.45, 7) is 1.02. The van der Waals surface area contributed by atoms with Crippen LogP contribution in [0.1, 0.15) is 11.1 Å². The first kappa shape index (κ1) is 21.0. The summed E-state index contributed by atoms with van der Waals surface area (Å²) in [5.41, 5.74) is -0.288. The number of alkyl halides is 3. The molecule has 0 aliphatic carbocycles. The Morgan fingerprint density at radius 1 is 1.19 bits per heavy atom. The Balaban J connectivity index is 2.37. The Bertz CT molecular complexity index is 962. The fourth-order valence-corrected chi connectivity index (χ4v) is 3.42. The van der Waals surface area contributed by atoms with Crippen LogP contribution in [-0.2, 0) is 21.0 Å². The summed E-state index contributed by atoms with van der Waals surface area (Å²) < 4.78 is 63.6. The number of hydrogen-bond donors (Lipinski definition) is 1. The number of hydrogen-bond acceptors (Lipinski definition) is 3. The average molecular weight is 421 g/mol. The van der Waals surface area contributed by atoms with Gasteiger partial charge in [0.1, 0.15) is 6.54 Å². The van der Waals surface area contributed by atoms with Gasteiger partial charge in [-0.05, 0) is 36.8 Å². The van der Waals surface area contributed by atoms with Gasteiger partial charge in [-0.15, -0.1) is 0 Å². The molecule has 0 saturated carbocycles. The van der Waals surface area contributed by atoms with Gasteiger partial charge in [-0.25, -0.2) is 8.42 Å². The van der Waals surface area contributed by atoms with Crippen molar-refractivity contribution in [2.75, 3.05) is 22.4 Å². The van der Waals surface area contributed by atoms with Crippen molar-refractivity contribution in [1.29, 1.82) is 0 Å². The molecule has 2 rings (SSSR count). The van der Waals surface area contributed by atoms with Gasteiger partial charge in [0, 0.05) is 5.69 Å². The lowest BCUT2D eigenvalue weighted by molar-refractivity contribution is -0.137. The molecule has 27 heavy (non-hydrogen) atoms. The number of halogens is 4. The van der Waals surface area contributed by atoms with Gasteiger partial charge in [0.25, 0.3) is 0 Å². The first-order valence-corrected chi connectivity index (χ1v) is 9.82. The molecule has 0 heterocycles. The molecule has 0 aliphatic heterocycles. The second-order valence-electron chi connectivity index (χ2n) is 5.80. The fraction of sp³-hybridized carbons (Fsp3) is 0.235. The van der Waals surface area contributed by atoms with Crippen molar-refractivity contribution in [3.05, 3.63) is 58.6 Å². The minimum atomic E-state index is -4.69. The highest BCUT2D eigenvalue weighted by molar-refractivity contribution is 7.92. The van der Waals surface area contributed by atoms with Crippen LogP contribution in [0.4, 0.5) is 24.5 Å². The molecule has 10 heteroatoms. The van der Waals surface area contributed by atoms with Crippen molar-refractivity contribution in [2.45, 2.75) is 13.1 Å². The molecule has 0 fully saturated rings. The average Bonchev–Trinajstić information content (AvgIpc) is 2.53. The fourth-order valence-electron chi connectivity index (χ4n) is 2.29. The van der Waals surface area contributed by atoms with Crippen LogP contribution in [-0.4, -0.2) is 27.1 Å². The molecule has 0 aromatic heterocycles. The predicted octanol–water partition coefficient (Wildman–Crippen LogP) is 4.07. The summed E-state index contributed by atoms with van der Waals surface area (Å²) in [4.78, 5) is 12.3. The van der Waals surface area contributed by atoms with Crippen molar-refractivity contribution in [3.63, 3.8) is 0 Å². The lowest BCUT2D eigenvalue weighted by Crippen LogP contribution is -2.37. The van der Waals surface area contributed by atoms with E-state index in [-0.39, 0.29) is 5.02 Å². The Hall–Kier alpha value is -2.26. The normalized spacial score (nSPS) is 11.9. The van der Waals surface area contributed by atoms with Gasteiger partial charge < -0.3 is 5.32 Å². The van der Waals surface area contributed by atoms with E-state index in [0.717, 1.165) is 24.0 Å². The van der Waals surface area contributed by atoms with E-state index in [1.165, 1.54) is 0 Å². The second-order valence-corrected chi connectivity index (χ2v) is 8.11. The van der Waals surface area contributed by atoms with E-state index in [4.69, 9.17) is 11.6 Å². The summed E-state index contributed by atoms with van der Waals surface area (Å²) in [6, 6.07) is 9.08. The molecule has 0 bridgehead atoms. The van der Waals surface area contributed by atoms with Crippen LogP contribution in [0, 0.1) is 6.92 Å². The molecule has 2 aromatic carbocycles. The third-order valence-corrected chi connectivity index (χ3v) is 5.09. The minimum absolute atomic E-state index is 0.225. The molecule has 0 spiro atoms. The van der Waals surface area contributed by atoms with E-state index in [1.807, 2.05) is 0 Å². The van der Waals surface area contributed by atoms with Gasteiger partial charge in [0.05, 0.1) is 22.5 Å².